The molecule has 6 nitrogen and oxygen atoms in total. The molecule has 0 fully saturated rings. The van der Waals surface area contributed by atoms with E-state index in [9.17, 15) is 14.9 Å². The topological polar surface area (TPSA) is 89.5 Å². The molecule has 0 bridgehead atoms. The van der Waals surface area contributed by atoms with E-state index in [2.05, 4.69) is 0 Å². The van der Waals surface area contributed by atoms with E-state index in [4.69, 9.17) is 5.84 Å². The van der Waals surface area contributed by atoms with Crippen LogP contribution in [-0.2, 0) is 0 Å². The summed E-state index contributed by atoms with van der Waals surface area (Å²) in [5, 5.41) is 11.5. The number of carbonyl (C=O) groups excluding carboxylic acids is 1. The molecule has 6 heteroatoms. The number of rotatable bonds is 3. The summed E-state index contributed by atoms with van der Waals surface area (Å²) < 4.78 is 0. The fourth-order valence-electron chi connectivity index (χ4n) is 1.57. The van der Waals surface area contributed by atoms with Crippen molar-refractivity contribution in [3.05, 3.63) is 70.3 Å². The van der Waals surface area contributed by atoms with Crippen LogP contribution in [0.3, 0.4) is 0 Å². The van der Waals surface area contributed by atoms with E-state index < -0.39 is 4.92 Å². The van der Waals surface area contributed by atoms with Gasteiger partial charge >= 0.3 is 0 Å². The molecule has 1 amide bonds. The first-order chi connectivity index (χ1) is 9.09. The molecule has 19 heavy (non-hydrogen) atoms. The number of nitrogens with two attached hydrogens (primary N) is 1. The van der Waals surface area contributed by atoms with Crippen LogP contribution in [0.25, 0.3) is 0 Å². The molecule has 2 aromatic carbocycles. The van der Waals surface area contributed by atoms with Crippen LogP contribution in [0.15, 0.2) is 54.6 Å². The Hall–Kier alpha value is -2.73. The fourth-order valence-corrected chi connectivity index (χ4v) is 1.57. The lowest BCUT2D eigenvalue weighted by atomic mass is 10.2. The zero-order valence-electron chi connectivity index (χ0n) is 9.89. The predicted octanol–water partition coefficient (Wildman–Crippen LogP) is 2.12. The summed E-state index contributed by atoms with van der Waals surface area (Å²) >= 11 is 0. The van der Waals surface area contributed by atoms with E-state index in [0.717, 1.165) is 5.01 Å². The maximum atomic E-state index is 12.0. The molecule has 0 aliphatic rings. The first kappa shape index (κ1) is 12.7. The molecule has 0 aromatic heterocycles. The summed E-state index contributed by atoms with van der Waals surface area (Å²) in [6, 6.07) is 14.0. The molecule has 0 saturated heterocycles. The maximum absolute atomic E-state index is 12.0. The second-order valence-electron chi connectivity index (χ2n) is 3.81. The molecule has 2 N–H and O–H groups in total. The fraction of sp³-hybridized carbons (Fsp3) is 0. The third kappa shape index (κ3) is 2.75. The van der Waals surface area contributed by atoms with Gasteiger partial charge in [0.25, 0.3) is 11.6 Å². The van der Waals surface area contributed by atoms with Gasteiger partial charge in [0, 0.05) is 17.7 Å². The number of amides is 1. The Balaban J connectivity index is 2.22. The zero-order chi connectivity index (χ0) is 13.8. The molecule has 0 aliphatic carbocycles. The van der Waals surface area contributed by atoms with E-state index in [0.29, 0.717) is 11.3 Å². The van der Waals surface area contributed by atoms with Crippen molar-refractivity contribution in [2.24, 2.45) is 5.84 Å². The quantitative estimate of drug-likeness (QED) is 0.394. The van der Waals surface area contributed by atoms with E-state index in [1.54, 1.807) is 30.3 Å². The zero-order valence-corrected chi connectivity index (χ0v) is 9.89. The van der Waals surface area contributed by atoms with Crippen LogP contribution in [0.5, 0.6) is 0 Å². The third-order valence-electron chi connectivity index (χ3n) is 2.58. The summed E-state index contributed by atoms with van der Waals surface area (Å²) in [5.74, 6) is 5.33. The van der Waals surface area contributed by atoms with Crippen molar-refractivity contribution in [1.29, 1.82) is 0 Å². The van der Waals surface area contributed by atoms with Crippen LogP contribution in [0.4, 0.5) is 11.4 Å². The standard InChI is InChI=1S/C13H11N3O3/c14-15(13(17)10-4-2-1-3-5-10)11-6-8-12(9-7-11)16(18)19/h1-9H,14H2. The smallest absolute Gasteiger partial charge is 0.267 e. The Bertz CT molecular complexity index is 596. The van der Waals surface area contributed by atoms with Gasteiger partial charge in [0.2, 0.25) is 0 Å². The Labute approximate surface area is 109 Å². The normalized spacial score (nSPS) is 9.95. The van der Waals surface area contributed by atoms with Crippen molar-refractivity contribution in [3.8, 4) is 0 Å². The summed E-state index contributed by atoms with van der Waals surface area (Å²) in [6.45, 7) is 0. The molecule has 0 spiro atoms. The molecule has 0 heterocycles. The number of hydrazine groups is 1. The van der Waals surface area contributed by atoms with Crippen molar-refractivity contribution in [3.63, 3.8) is 0 Å². The number of benzene rings is 2. The predicted molar refractivity (Wildman–Crippen MR) is 70.5 cm³/mol. The van der Waals surface area contributed by atoms with E-state index in [-0.39, 0.29) is 11.6 Å². The van der Waals surface area contributed by atoms with Gasteiger partial charge in [-0.1, -0.05) is 18.2 Å². The molecule has 0 unspecified atom stereocenters. The molecular weight excluding hydrogens is 246 g/mol. The highest BCUT2D eigenvalue weighted by Crippen LogP contribution is 2.18. The average molecular weight is 257 g/mol. The Morgan fingerprint density at radius 2 is 1.63 bits per heavy atom. The van der Waals surface area contributed by atoms with Gasteiger partial charge in [-0.15, -0.1) is 0 Å². The SMILES string of the molecule is NN(C(=O)c1ccccc1)c1ccc([N+](=O)[O-])cc1. The number of hydrogen-bond acceptors (Lipinski definition) is 4. The van der Waals surface area contributed by atoms with Crippen LogP contribution >= 0.6 is 0 Å². The van der Waals surface area contributed by atoms with Crippen molar-refractivity contribution in [1.82, 2.24) is 0 Å². The third-order valence-corrected chi connectivity index (χ3v) is 2.58. The lowest BCUT2D eigenvalue weighted by Gasteiger charge is -2.16. The number of anilines is 1. The summed E-state index contributed by atoms with van der Waals surface area (Å²) in [6.07, 6.45) is 0. The summed E-state index contributed by atoms with van der Waals surface area (Å²) in [5.41, 5.74) is 0.784. The Morgan fingerprint density at radius 1 is 1.05 bits per heavy atom. The highest BCUT2D eigenvalue weighted by Gasteiger charge is 2.14. The van der Waals surface area contributed by atoms with Crippen molar-refractivity contribution >= 4 is 17.3 Å². The number of nitro benzene ring substituents is 1. The van der Waals surface area contributed by atoms with Crippen LogP contribution in [0, 0.1) is 10.1 Å². The monoisotopic (exact) mass is 257 g/mol. The van der Waals surface area contributed by atoms with E-state index >= 15 is 0 Å². The molecular formula is C13H11N3O3. The highest BCUT2D eigenvalue weighted by molar-refractivity contribution is 6.05. The van der Waals surface area contributed by atoms with Crippen molar-refractivity contribution < 1.29 is 9.72 Å². The first-order valence-corrected chi connectivity index (χ1v) is 5.48. The number of non-ortho nitro benzene ring substituents is 1. The average Bonchev–Trinajstić information content (AvgIpc) is 2.46. The maximum Gasteiger partial charge on any atom is 0.272 e. The molecule has 0 aliphatic heterocycles. The molecule has 0 atom stereocenters. The minimum absolute atomic E-state index is 0.0516. The first-order valence-electron chi connectivity index (χ1n) is 5.48. The van der Waals surface area contributed by atoms with Gasteiger partial charge in [-0.2, -0.15) is 0 Å². The van der Waals surface area contributed by atoms with Crippen LogP contribution in [-0.4, -0.2) is 10.8 Å². The number of carbonyl (C=O) groups is 1. The van der Waals surface area contributed by atoms with E-state index in [1.807, 2.05) is 0 Å². The Kier molecular flexibility index (Phi) is 3.53. The minimum Gasteiger partial charge on any atom is -0.267 e. The van der Waals surface area contributed by atoms with Gasteiger partial charge < -0.3 is 0 Å². The van der Waals surface area contributed by atoms with Crippen LogP contribution in [0.2, 0.25) is 0 Å². The van der Waals surface area contributed by atoms with Gasteiger partial charge in [0.05, 0.1) is 10.6 Å². The van der Waals surface area contributed by atoms with Gasteiger partial charge in [-0.25, -0.2) is 10.9 Å². The molecule has 0 radical (unpaired) electrons. The molecule has 96 valence electrons. The summed E-state index contributed by atoms with van der Waals surface area (Å²) in [7, 11) is 0. The number of nitrogens with zero attached hydrogens (tertiary/aromatic N) is 2. The lowest BCUT2D eigenvalue weighted by molar-refractivity contribution is -0.384. The Morgan fingerprint density at radius 3 is 2.16 bits per heavy atom. The largest absolute Gasteiger partial charge is 0.272 e. The number of nitro groups is 1. The van der Waals surface area contributed by atoms with Crippen LogP contribution in [0.1, 0.15) is 10.4 Å². The van der Waals surface area contributed by atoms with Gasteiger partial charge in [0.1, 0.15) is 0 Å². The summed E-state index contributed by atoms with van der Waals surface area (Å²) in [4.78, 5) is 22.1. The van der Waals surface area contributed by atoms with Crippen molar-refractivity contribution in [2.75, 3.05) is 5.01 Å². The highest BCUT2D eigenvalue weighted by atomic mass is 16.6. The van der Waals surface area contributed by atoms with E-state index in [1.165, 1.54) is 24.3 Å². The number of hydrogen-bond donors (Lipinski definition) is 1. The second kappa shape index (κ2) is 5.28. The van der Waals surface area contributed by atoms with Crippen molar-refractivity contribution in [2.45, 2.75) is 0 Å². The van der Waals surface area contributed by atoms with Gasteiger partial charge in [-0.05, 0) is 24.3 Å². The second-order valence-corrected chi connectivity index (χ2v) is 3.81. The van der Waals surface area contributed by atoms with Crippen LogP contribution < -0.4 is 10.9 Å². The molecule has 2 aromatic rings. The van der Waals surface area contributed by atoms with Gasteiger partial charge in [-0.3, -0.25) is 14.9 Å². The molecule has 0 saturated carbocycles. The molecule has 2 rings (SSSR count). The lowest BCUT2D eigenvalue weighted by Crippen LogP contribution is -2.37. The minimum atomic E-state index is -0.510. The van der Waals surface area contributed by atoms with Gasteiger partial charge in [0.15, 0.2) is 0 Å².